The van der Waals surface area contributed by atoms with Gasteiger partial charge in [0.15, 0.2) is 0 Å². The summed E-state index contributed by atoms with van der Waals surface area (Å²) < 4.78 is 5.15. The predicted octanol–water partition coefficient (Wildman–Crippen LogP) is 5.25. The predicted molar refractivity (Wildman–Crippen MR) is 101 cm³/mol. The highest BCUT2D eigenvalue weighted by atomic mass is 16.5. The highest BCUT2D eigenvalue weighted by Gasteiger charge is 2.02. The summed E-state index contributed by atoms with van der Waals surface area (Å²) in [7, 11) is 1.63. The first kappa shape index (κ1) is 16.4. The smallest absolute Gasteiger partial charge is 0.201 e. The van der Waals surface area contributed by atoms with E-state index in [0.29, 0.717) is 5.84 Å². The van der Waals surface area contributed by atoms with E-state index in [2.05, 4.69) is 20.8 Å². The largest absolute Gasteiger partial charge is 0.497 e. The van der Waals surface area contributed by atoms with E-state index in [1.54, 1.807) is 7.11 Å². The van der Waals surface area contributed by atoms with Crippen LogP contribution in [-0.2, 0) is 0 Å². The average molecular weight is 330 g/mol. The van der Waals surface area contributed by atoms with Gasteiger partial charge in [-0.3, -0.25) is 5.43 Å². The average Bonchev–Trinajstić information content (AvgIpc) is 2.70. The van der Waals surface area contributed by atoms with Crippen LogP contribution in [0.4, 0.5) is 11.4 Å². The van der Waals surface area contributed by atoms with Gasteiger partial charge in [0, 0.05) is 5.56 Å². The number of azo groups is 1. The zero-order valence-corrected chi connectivity index (χ0v) is 13.8. The van der Waals surface area contributed by atoms with Crippen molar-refractivity contribution in [3.05, 3.63) is 90.5 Å². The summed E-state index contributed by atoms with van der Waals surface area (Å²) in [4.78, 5) is 0. The minimum absolute atomic E-state index is 0.500. The first-order chi connectivity index (χ1) is 12.3. The number of methoxy groups -OCH3 is 1. The van der Waals surface area contributed by atoms with Crippen molar-refractivity contribution in [1.82, 2.24) is 0 Å². The molecule has 0 aliphatic heterocycles. The van der Waals surface area contributed by atoms with Crippen LogP contribution >= 0.6 is 0 Å². The lowest BCUT2D eigenvalue weighted by Gasteiger charge is -2.03. The Balaban J connectivity index is 1.84. The monoisotopic (exact) mass is 330 g/mol. The second kappa shape index (κ2) is 8.40. The van der Waals surface area contributed by atoms with E-state index in [0.717, 1.165) is 22.7 Å². The first-order valence-corrected chi connectivity index (χ1v) is 7.85. The molecular weight excluding hydrogens is 312 g/mol. The van der Waals surface area contributed by atoms with Crippen LogP contribution < -0.4 is 10.2 Å². The van der Waals surface area contributed by atoms with Crippen molar-refractivity contribution >= 4 is 17.2 Å². The number of hydrazone groups is 1. The van der Waals surface area contributed by atoms with Gasteiger partial charge in [0.05, 0.1) is 18.5 Å². The highest BCUT2D eigenvalue weighted by Crippen LogP contribution is 2.18. The van der Waals surface area contributed by atoms with Gasteiger partial charge in [0.25, 0.3) is 0 Å². The van der Waals surface area contributed by atoms with E-state index in [4.69, 9.17) is 4.74 Å². The zero-order valence-electron chi connectivity index (χ0n) is 13.8. The molecule has 0 saturated heterocycles. The van der Waals surface area contributed by atoms with E-state index < -0.39 is 0 Å². The number of anilines is 1. The molecular formula is C20H18N4O. The zero-order chi connectivity index (χ0) is 17.3. The molecule has 0 bridgehead atoms. The molecule has 1 N–H and O–H groups in total. The van der Waals surface area contributed by atoms with Crippen molar-refractivity contribution < 1.29 is 4.74 Å². The Bertz CT molecular complexity index is 844. The number of nitrogens with zero attached hydrogens (tertiary/aromatic N) is 3. The van der Waals surface area contributed by atoms with Gasteiger partial charge < -0.3 is 4.74 Å². The van der Waals surface area contributed by atoms with E-state index >= 15 is 0 Å². The van der Waals surface area contributed by atoms with Crippen LogP contribution in [0.3, 0.4) is 0 Å². The molecule has 0 atom stereocenters. The molecule has 0 aromatic heterocycles. The molecule has 0 saturated carbocycles. The standard InChI is InChI=1S/C20H18N4O/c1-25-19-14-12-18(13-15-19)22-24-20(16-8-4-2-5-9-16)23-21-17-10-6-3-7-11-17/h2-15,21H,1H3/b23-20-,24-22?. The molecule has 124 valence electrons. The van der Waals surface area contributed by atoms with Crippen LogP contribution in [0.2, 0.25) is 0 Å². The number of rotatable bonds is 5. The van der Waals surface area contributed by atoms with Crippen LogP contribution in [0.1, 0.15) is 5.56 Å². The van der Waals surface area contributed by atoms with Gasteiger partial charge in [-0.2, -0.15) is 5.10 Å². The van der Waals surface area contributed by atoms with Crippen molar-refractivity contribution in [3.63, 3.8) is 0 Å². The lowest BCUT2D eigenvalue weighted by atomic mass is 10.2. The van der Waals surface area contributed by atoms with E-state index in [-0.39, 0.29) is 0 Å². The van der Waals surface area contributed by atoms with Gasteiger partial charge in [-0.15, -0.1) is 10.2 Å². The number of nitrogens with one attached hydrogen (secondary N) is 1. The summed E-state index contributed by atoms with van der Waals surface area (Å²) in [5.41, 5.74) is 5.50. The quantitative estimate of drug-likeness (QED) is 0.300. The van der Waals surface area contributed by atoms with Crippen LogP contribution in [0.5, 0.6) is 5.75 Å². The van der Waals surface area contributed by atoms with Crippen LogP contribution in [0, 0.1) is 0 Å². The fraction of sp³-hybridized carbons (Fsp3) is 0.0500. The molecule has 3 aromatic rings. The van der Waals surface area contributed by atoms with Gasteiger partial charge in [-0.1, -0.05) is 48.5 Å². The molecule has 0 fully saturated rings. The van der Waals surface area contributed by atoms with Crippen LogP contribution in [0.25, 0.3) is 0 Å². The summed E-state index contributed by atoms with van der Waals surface area (Å²) in [5.74, 6) is 1.28. The maximum atomic E-state index is 5.15. The Hall–Kier alpha value is -3.47. The number of amidine groups is 1. The molecule has 0 unspecified atom stereocenters. The minimum atomic E-state index is 0.500. The summed E-state index contributed by atoms with van der Waals surface area (Å²) >= 11 is 0. The summed E-state index contributed by atoms with van der Waals surface area (Å²) in [5, 5.41) is 13.0. The molecule has 0 radical (unpaired) electrons. The van der Waals surface area contributed by atoms with Crippen molar-refractivity contribution in [2.45, 2.75) is 0 Å². The third-order valence-corrected chi connectivity index (χ3v) is 3.43. The van der Waals surface area contributed by atoms with Crippen molar-refractivity contribution in [3.8, 4) is 5.75 Å². The SMILES string of the molecule is COc1ccc(N=N/C(=N\Nc2ccccc2)c2ccccc2)cc1. The van der Waals surface area contributed by atoms with Crippen molar-refractivity contribution in [1.29, 1.82) is 0 Å². The Morgan fingerprint density at radius 3 is 2.08 bits per heavy atom. The molecule has 0 amide bonds. The molecule has 3 rings (SSSR count). The molecule has 0 aliphatic carbocycles. The van der Waals surface area contributed by atoms with Crippen LogP contribution in [0.15, 0.2) is 100 Å². The summed E-state index contributed by atoms with van der Waals surface area (Å²) in [6.07, 6.45) is 0. The molecule has 25 heavy (non-hydrogen) atoms. The molecule has 3 aromatic carbocycles. The summed E-state index contributed by atoms with van der Waals surface area (Å²) in [6, 6.07) is 26.8. The lowest BCUT2D eigenvalue weighted by Crippen LogP contribution is -2.00. The minimum Gasteiger partial charge on any atom is -0.497 e. The third-order valence-electron chi connectivity index (χ3n) is 3.43. The fourth-order valence-electron chi connectivity index (χ4n) is 2.12. The third kappa shape index (κ3) is 4.75. The first-order valence-electron chi connectivity index (χ1n) is 7.85. The maximum absolute atomic E-state index is 5.15. The summed E-state index contributed by atoms with van der Waals surface area (Å²) in [6.45, 7) is 0. The van der Waals surface area contributed by atoms with E-state index in [1.807, 2.05) is 84.9 Å². The number of para-hydroxylation sites is 1. The lowest BCUT2D eigenvalue weighted by molar-refractivity contribution is 0.415. The van der Waals surface area contributed by atoms with Gasteiger partial charge in [0.1, 0.15) is 5.75 Å². The Labute approximate surface area is 146 Å². The van der Waals surface area contributed by atoms with Gasteiger partial charge in [-0.05, 0) is 36.4 Å². The number of benzene rings is 3. The molecule has 0 heterocycles. The topological polar surface area (TPSA) is 58.3 Å². The molecule has 0 aliphatic rings. The number of hydrogen-bond donors (Lipinski definition) is 1. The molecule has 0 spiro atoms. The Morgan fingerprint density at radius 1 is 0.800 bits per heavy atom. The van der Waals surface area contributed by atoms with Gasteiger partial charge >= 0.3 is 0 Å². The number of ether oxygens (including phenoxy) is 1. The normalized spacial score (nSPS) is 11.5. The van der Waals surface area contributed by atoms with Crippen LogP contribution in [-0.4, -0.2) is 12.9 Å². The Kier molecular flexibility index (Phi) is 5.51. The van der Waals surface area contributed by atoms with E-state index in [1.165, 1.54) is 0 Å². The van der Waals surface area contributed by atoms with E-state index in [9.17, 15) is 0 Å². The molecule has 5 nitrogen and oxygen atoms in total. The highest BCUT2D eigenvalue weighted by molar-refractivity contribution is 5.99. The molecule has 5 heteroatoms. The van der Waals surface area contributed by atoms with Crippen molar-refractivity contribution in [2.75, 3.05) is 12.5 Å². The number of hydrogen-bond acceptors (Lipinski definition) is 4. The van der Waals surface area contributed by atoms with Crippen molar-refractivity contribution in [2.24, 2.45) is 15.3 Å². The Morgan fingerprint density at radius 2 is 1.44 bits per heavy atom. The maximum Gasteiger partial charge on any atom is 0.201 e. The fourth-order valence-corrected chi connectivity index (χ4v) is 2.12. The van der Waals surface area contributed by atoms with Gasteiger partial charge in [0.2, 0.25) is 5.84 Å². The second-order valence-electron chi connectivity index (χ2n) is 5.18. The second-order valence-corrected chi connectivity index (χ2v) is 5.18. The van der Waals surface area contributed by atoms with Gasteiger partial charge in [-0.25, -0.2) is 0 Å².